The SMILES string of the molecule is COCCNS(=O)(=O)c1c(C)nn(-c2ccc(-c3ccc(C)c(C)c3)nn2)c1C. The number of hydrogen-bond acceptors (Lipinski definition) is 6. The van der Waals surface area contributed by atoms with Crippen LogP contribution in [0.3, 0.4) is 0 Å². The molecule has 2 heterocycles. The predicted octanol–water partition coefficient (Wildman–Crippen LogP) is 2.49. The second kappa shape index (κ2) is 8.40. The Hall–Kier alpha value is -2.62. The third kappa shape index (κ3) is 4.36. The smallest absolute Gasteiger partial charge is 0.244 e. The minimum atomic E-state index is -3.70. The summed E-state index contributed by atoms with van der Waals surface area (Å²) in [5.41, 5.74) is 4.99. The molecule has 154 valence electrons. The molecule has 2 aromatic heterocycles. The van der Waals surface area contributed by atoms with Crippen LogP contribution in [-0.4, -0.2) is 48.7 Å². The van der Waals surface area contributed by atoms with E-state index in [4.69, 9.17) is 4.74 Å². The molecule has 0 aliphatic carbocycles. The average molecular weight is 416 g/mol. The average Bonchev–Trinajstić information content (AvgIpc) is 2.99. The van der Waals surface area contributed by atoms with Crippen LogP contribution < -0.4 is 4.72 Å². The van der Waals surface area contributed by atoms with Gasteiger partial charge in [-0.05, 0) is 57.0 Å². The molecule has 0 unspecified atom stereocenters. The third-order valence-electron chi connectivity index (χ3n) is 4.76. The van der Waals surface area contributed by atoms with E-state index in [2.05, 4.69) is 46.0 Å². The van der Waals surface area contributed by atoms with Gasteiger partial charge in [-0.15, -0.1) is 10.2 Å². The minimum absolute atomic E-state index is 0.147. The van der Waals surface area contributed by atoms with E-state index < -0.39 is 10.0 Å². The maximum Gasteiger partial charge on any atom is 0.244 e. The summed E-state index contributed by atoms with van der Waals surface area (Å²) in [5, 5.41) is 12.9. The lowest BCUT2D eigenvalue weighted by Gasteiger charge is -2.08. The molecular formula is C20H25N5O3S. The van der Waals surface area contributed by atoms with E-state index in [1.54, 1.807) is 19.9 Å². The first-order chi connectivity index (χ1) is 13.7. The van der Waals surface area contributed by atoms with Crippen molar-refractivity contribution in [3.63, 3.8) is 0 Å². The number of ether oxygens (including phenoxy) is 1. The van der Waals surface area contributed by atoms with Crippen molar-refractivity contribution in [2.24, 2.45) is 0 Å². The van der Waals surface area contributed by atoms with Crippen LogP contribution in [0, 0.1) is 27.7 Å². The molecule has 0 atom stereocenters. The summed E-state index contributed by atoms with van der Waals surface area (Å²) in [6, 6.07) is 9.76. The zero-order valence-corrected chi connectivity index (χ0v) is 18.0. The van der Waals surface area contributed by atoms with E-state index in [9.17, 15) is 8.42 Å². The van der Waals surface area contributed by atoms with Gasteiger partial charge >= 0.3 is 0 Å². The Morgan fingerprint density at radius 1 is 1.03 bits per heavy atom. The maximum absolute atomic E-state index is 12.6. The highest BCUT2D eigenvalue weighted by Crippen LogP contribution is 2.23. The molecule has 0 spiro atoms. The van der Waals surface area contributed by atoms with E-state index in [0.29, 0.717) is 17.2 Å². The topological polar surface area (TPSA) is 99.0 Å². The number of rotatable bonds is 7. The normalized spacial score (nSPS) is 11.8. The molecule has 0 saturated carbocycles. The van der Waals surface area contributed by atoms with Gasteiger partial charge in [-0.25, -0.2) is 17.8 Å². The molecular weight excluding hydrogens is 390 g/mol. The molecule has 0 bridgehead atoms. The van der Waals surface area contributed by atoms with Crippen LogP contribution in [0.5, 0.6) is 0 Å². The molecule has 0 amide bonds. The summed E-state index contributed by atoms with van der Waals surface area (Å²) in [6.07, 6.45) is 0. The fraction of sp³-hybridized carbons (Fsp3) is 0.350. The van der Waals surface area contributed by atoms with Gasteiger partial charge < -0.3 is 4.74 Å². The molecule has 0 saturated heterocycles. The van der Waals surface area contributed by atoms with Crippen LogP contribution in [-0.2, 0) is 14.8 Å². The van der Waals surface area contributed by atoms with Gasteiger partial charge in [0.05, 0.1) is 23.7 Å². The minimum Gasteiger partial charge on any atom is -0.383 e. The molecule has 8 nitrogen and oxygen atoms in total. The van der Waals surface area contributed by atoms with Crippen molar-refractivity contribution in [3.8, 4) is 17.1 Å². The lowest BCUT2D eigenvalue weighted by atomic mass is 10.0. The highest BCUT2D eigenvalue weighted by atomic mass is 32.2. The number of aromatic nitrogens is 4. The Labute approximate surface area is 171 Å². The summed E-state index contributed by atoms with van der Waals surface area (Å²) in [7, 11) is -2.19. The van der Waals surface area contributed by atoms with Crippen molar-refractivity contribution in [3.05, 3.63) is 52.8 Å². The lowest BCUT2D eigenvalue weighted by molar-refractivity contribution is 0.204. The van der Waals surface area contributed by atoms with Gasteiger partial charge in [0.15, 0.2) is 5.82 Å². The van der Waals surface area contributed by atoms with Crippen molar-refractivity contribution >= 4 is 10.0 Å². The molecule has 0 fully saturated rings. The Morgan fingerprint density at radius 2 is 1.79 bits per heavy atom. The van der Waals surface area contributed by atoms with Crippen molar-refractivity contribution < 1.29 is 13.2 Å². The van der Waals surface area contributed by atoms with Gasteiger partial charge in [-0.2, -0.15) is 5.10 Å². The zero-order chi connectivity index (χ0) is 21.2. The number of methoxy groups -OCH3 is 1. The maximum atomic E-state index is 12.6. The largest absolute Gasteiger partial charge is 0.383 e. The number of aryl methyl sites for hydroxylation is 3. The van der Waals surface area contributed by atoms with Crippen LogP contribution in [0.4, 0.5) is 0 Å². The molecule has 29 heavy (non-hydrogen) atoms. The zero-order valence-electron chi connectivity index (χ0n) is 17.2. The van der Waals surface area contributed by atoms with Crippen LogP contribution in [0.2, 0.25) is 0 Å². The summed E-state index contributed by atoms with van der Waals surface area (Å²) in [5.74, 6) is 0.455. The van der Waals surface area contributed by atoms with Crippen molar-refractivity contribution in [2.45, 2.75) is 32.6 Å². The number of nitrogens with zero attached hydrogens (tertiary/aromatic N) is 4. The Bertz CT molecular complexity index is 1120. The quantitative estimate of drug-likeness (QED) is 0.595. The summed E-state index contributed by atoms with van der Waals surface area (Å²) in [6.45, 7) is 7.95. The Kier molecular flexibility index (Phi) is 6.11. The monoisotopic (exact) mass is 415 g/mol. The van der Waals surface area contributed by atoms with Crippen molar-refractivity contribution in [1.29, 1.82) is 0 Å². The Balaban J connectivity index is 1.92. The van der Waals surface area contributed by atoms with Gasteiger partial charge in [0.1, 0.15) is 4.90 Å². The van der Waals surface area contributed by atoms with Crippen LogP contribution in [0.25, 0.3) is 17.1 Å². The highest BCUT2D eigenvalue weighted by molar-refractivity contribution is 7.89. The summed E-state index contributed by atoms with van der Waals surface area (Å²) in [4.78, 5) is 0.147. The third-order valence-corrected chi connectivity index (χ3v) is 6.47. The number of benzene rings is 1. The molecule has 9 heteroatoms. The van der Waals surface area contributed by atoms with Gasteiger partial charge in [0, 0.05) is 19.2 Å². The van der Waals surface area contributed by atoms with Gasteiger partial charge in [-0.3, -0.25) is 0 Å². The molecule has 0 aliphatic rings. The number of sulfonamides is 1. The molecule has 1 aromatic carbocycles. The molecule has 1 N–H and O–H groups in total. The van der Waals surface area contributed by atoms with Crippen LogP contribution in [0.1, 0.15) is 22.5 Å². The fourth-order valence-electron chi connectivity index (χ4n) is 3.08. The van der Waals surface area contributed by atoms with Crippen LogP contribution in [0.15, 0.2) is 35.2 Å². The Morgan fingerprint density at radius 3 is 2.41 bits per heavy atom. The summed E-state index contributed by atoms with van der Waals surface area (Å²) < 4.78 is 34.2. The second-order valence-electron chi connectivity index (χ2n) is 6.88. The van der Waals surface area contributed by atoms with Gasteiger partial charge in [-0.1, -0.05) is 12.1 Å². The fourth-order valence-corrected chi connectivity index (χ4v) is 4.49. The van der Waals surface area contributed by atoms with E-state index in [-0.39, 0.29) is 18.0 Å². The number of hydrogen-bond donors (Lipinski definition) is 1. The van der Waals surface area contributed by atoms with Crippen LogP contribution >= 0.6 is 0 Å². The van der Waals surface area contributed by atoms with E-state index in [0.717, 1.165) is 11.3 Å². The first-order valence-corrected chi connectivity index (χ1v) is 10.7. The predicted molar refractivity (Wildman–Crippen MR) is 111 cm³/mol. The van der Waals surface area contributed by atoms with Gasteiger partial charge in [0.25, 0.3) is 0 Å². The summed E-state index contributed by atoms with van der Waals surface area (Å²) >= 11 is 0. The molecule has 3 aromatic rings. The van der Waals surface area contributed by atoms with E-state index in [1.165, 1.54) is 22.9 Å². The standard InChI is InChI=1S/C20H25N5O3S/c1-13-6-7-17(12-14(13)2)18-8-9-19(23-22-18)25-16(4)20(15(3)24-25)29(26,27)21-10-11-28-5/h6-9,12,21H,10-11H2,1-5H3. The van der Waals surface area contributed by atoms with Gasteiger partial charge in [0.2, 0.25) is 10.0 Å². The number of nitrogens with one attached hydrogen (secondary N) is 1. The molecule has 0 aliphatic heterocycles. The van der Waals surface area contributed by atoms with E-state index >= 15 is 0 Å². The van der Waals surface area contributed by atoms with E-state index in [1.807, 2.05) is 12.1 Å². The molecule has 3 rings (SSSR count). The first kappa shape index (κ1) is 21.1. The lowest BCUT2D eigenvalue weighted by Crippen LogP contribution is -2.28. The second-order valence-corrected chi connectivity index (χ2v) is 8.58. The highest BCUT2D eigenvalue weighted by Gasteiger charge is 2.25. The van der Waals surface area contributed by atoms with Crippen molar-refractivity contribution in [2.75, 3.05) is 20.3 Å². The molecule has 0 radical (unpaired) electrons. The first-order valence-electron chi connectivity index (χ1n) is 9.21. The van der Waals surface area contributed by atoms with Crippen molar-refractivity contribution in [1.82, 2.24) is 24.7 Å².